The second-order valence-corrected chi connectivity index (χ2v) is 10.1. The third-order valence-corrected chi connectivity index (χ3v) is 7.90. The van der Waals surface area contributed by atoms with Crippen LogP contribution < -0.4 is 16.1 Å². The molecule has 2 saturated heterocycles. The average molecular weight is 483 g/mol. The number of aromatic amines is 1. The van der Waals surface area contributed by atoms with Crippen LogP contribution in [0.3, 0.4) is 0 Å². The minimum Gasteiger partial charge on any atom is -0.368 e. The van der Waals surface area contributed by atoms with E-state index in [4.69, 9.17) is 0 Å². The first-order chi connectivity index (χ1) is 16.4. The van der Waals surface area contributed by atoms with Crippen LogP contribution in [0, 0.1) is 6.92 Å². The smallest absolute Gasteiger partial charge is 0.328 e. The van der Waals surface area contributed by atoms with Gasteiger partial charge in [-0.25, -0.2) is 9.78 Å². The van der Waals surface area contributed by atoms with Crippen molar-refractivity contribution < 1.29 is 4.79 Å². The fourth-order valence-corrected chi connectivity index (χ4v) is 6.02. The molecule has 5 heterocycles. The number of amides is 1. The molecule has 2 aliphatic rings. The number of piperazine rings is 1. The van der Waals surface area contributed by atoms with E-state index in [-0.39, 0.29) is 17.2 Å². The van der Waals surface area contributed by atoms with E-state index in [1.54, 1.807) is 6.92 Å². The molecule has 2 aliphatic heterocycles. The molecule has 0 aliphatic carbocycles. The number of carbonyl (C=O) groups is 1. The highest BCUT2D eigenvalue weighted by molar-refractivity contribution is 7.18. The van der Waals surface area contributed by atoms with Gasteiger partial charge in [0, 0.05) is 57.2 Å². The van der Waals surface area contributed by atoms with Crippen molar-refractivity contribution in [2.75, 3.05) is 44.2 Å². The molecule has 5 rings (SSSR count). The van der Waals surface area contributed by atoms with Gasteiger partial charge in [-0.1, -0.05) is 0 Å². The van der Waals surface area contributed by atoms with Crippen LogP contribution in [0.4, 0.5) is 5.69 Å². The first-order valence-corrected chi connectivity index (χ1v) is 12.8. The molecule has 10 heteroatoms. The van der Waals surface area contributed by atoms with E-state index in [0.29, 0.717) is 22.5 Å². The molecule has 9 nitrogen and oxygen atoms in total. The van der Waals surface area contributed by atoms with Gasteiger partial charge in [-0.15, -0.1) is 11.3 Å². The van der Waals surface area contributed by atoms with E-state index in [1.807, 2.05) is 30.0 Å². The lowest BCUT2D eigenvalue weighted by Crippen LogP contribution is -2.46. The zero-order valence-electron chi connectivity index (χ0n) is 19.7. The molecule has 34 heavy (non-hydrogen) atoms. The van der Waals surface area contributed by atoms with Crippen molar-refractivity contribution in [1.82, 2.24) is 24.3 Å². The summed E-state index contributed by atoms with van der Waals surface area (Å²) in [6.07, 6.45) is 2.15. The number of pyridine rings is 1. The molecule has 0 aromatic carbocycles. The second kappa shape index (κ2) is 9.34. The Labute approximate surface area is 201 Å². The van der Waals surface area contributed by atoms with Gasteiger partial charge in [0.1, 0.15) is 10.4 Å². The first-order valence-electron chi connectivity index (χ1n) is 11.9. The van der Waals surface area contributed by atoms with E-state index >= 15 is 0 Å². The van der Waals surface area contributed by atoms with Crippen molar-refractivity contribution in [3.63, 3.8) is 0 Å². The number of nitrogens with zero attached hydrogens (tertiary/aromatic N) is 5. The summed E-state index contributed by atoms with van der Waals surface area (Å²) in [6, 6.07) is 5.82. The molecule has 0 unspecified atom stereocenters. The van der Waals surface area contributed by atoms with Crippen LogP contribution >= 0.6 is 11.3 Å². The standard InChI is InChI=1S/C24H30N6O3S/c1-3-30-23(32)21-19(26-24(30)33)14-17(34-21)15-27-10-12-28(13-11-27)20-7-6-18(25-16(20)2)22(31)29-8-4-5-9-29/h6-7,14H,3-5,8-13,15H2,1-2H3,(H,26,33). The third kappa shape index (κ3) is 4.27. The topological polar surface area (TPSA) is 94.5 Å². The molecule has 0 saturated carbocycles. The lowest BCUT2D eigenvalue weighted by Gasteiger charge is -2.36. The number of anilines is 1. The Bertz CT molecular complexity index is 1330. The van der Waals surface area contributed by atoms with Crippen molar-refractivity contribution in [2.45, 2.75) is 39.8 Å². The number of aryl methyl sites for hydroxylation is 1. The van der Waals surface area contributed by atoms with E-state index < -0.39 is 0 Å². The Hall–Kier alpha value is -2.98. The van der Waals surface area contributed by atoms with E-state index in [2.05, 4.69) is 19.8 Å². The quantitative estimate of drug-likeness (QED) is 0.598. The highest BCUT2D eigenvalue weighted by Gasteiger charge is 2.23. The maximum absolute atomic E-state index is 12.6. The van der Waals surface area contributed by atoms with Gasteiger partial charge in [-0.05, 0) is 44.9 Å². The molecule has 0 radical (unpaired) electrons. The molecule has 3 aromatic heterocycles. The minimum absolute atomic E-state index is 0.0346. The number of rotatable bonds is 5. The van der Waals surface area contributed by atoms with Gasteiger partial charge in [0.05, 0.1) is 16.9 Å². The fourth-order valence-electron chi connectivity index (χ4n) is 4.91. The van der Waals surface area contributed by atoms with Crippen molar-refractivity contribution in [3.05, 3.63) is 55.3 Å². The van der Waals surface area contributed by atoms with Crippen molar-refractivity contribution >= 4 is 33.1 Å². The monoisotopic (exact) mass is 482 g/mol. The summed E-state index contributed by atoms with van der Waals surface area (Å²) >= 11 is 1.47. The molecular formula is C24H30N6O3S. The maximum atomic E-state index is 12.6. The van der Waals surface area contributed by atoms with Crippen LogP contribution in [0.2, 0.25) is 0 Å². The Morgan fingerprint density at radius 3 is 2.50 bits per heavy atom. The summed E-state index contributed by atoms with van der Waals surface area (Å²) in [5.74, 6) is 0.0346. The summed E-state index contributed by atoms with van der Waals surface area (Å²) in [5, 5.41) is 0. The second-order valence-electron chi connectivity index (χ2n) is 9.00. The third-order valence-electron chi connectivity index (χ3n) is 6.79. The summed E-state index contributed by atoms with van der Waals surface area (Å²) < 4.78 is 1.85. The lowest BCUT2D eigenvalue weighted by atomic mass is 10.2. The summed E-state index contributed by atoms with van der Waals surface area (Å²) in [4.78, 5) is 52.4. The summed E-state index contributed by atoms with van der Waals surface area (Å²) in [6.45, 7) is 10.1. The largest absolute Gasteiger partial charge is 0.368 e. The number of carbonyl (C=O) groups excluding carboxylic acids is 1. The molecule has 180 valence electrons. The highest BCUT2D eigenvalue weighted by Crippen LogP contribution is 2.25. The van der Waals surface area contributed by atoms with Crippen LogP contribution in [0.5, 0.6) is 0 Å². The number of hydrogen-bond acceptors (Lipinski definition) is 7. The SMILES string of the molecule is CCn1c(=O)[nH]c2cc(CN3CCN(c4ccc(C(=O)N5CCCC5)nc4C)CC3)sc2c1=O. The molecule has 0 bridgehead atoms. The first kappa shape index (κ1) is 22.8. The van der Waals surface area contributed by atoms with E-state index in [0.717, 1.165) is 74.9 Å². The predicted octanol–water partition coefficient (Wildman–Crippen LogP) is 2.03. The maximum Gasteiger partial charge on any atom is 0.328 e. The molecule has 3 aromatic rings. The molecule has 1 amide bonds. The molecule has 0 spiro atoms. The lowest BCUT2D eigenvalue weighted by molar-refractivity contribution is 0.0787. The Balaban J connectivity index is 1.24. The number of thiophene rings is 1. The van der Waals surface area contributed by atoms with Crippen molar-refractivity contribution in [3.8, 4) is 0 Å². The number of aromatic nitrogens is 3. The van der Waals surface area contributed by atoms with Crippen molar-refractivity contribution in [1.29, 1.82) is 0 Å². The van der Waals surface area contributed by atoms with Gasteiger partial charge in [-0.2, -0.15) is 0 Å². The highest BCUT2D eigenvalue weighted by atomic mass is 32.1. The van der Waals surface area contributed by atoms with E-state index in [9.17, 15) is 14.4 Å². The van der Waals surface area contributed by atoms with Gasteiger partial charge >= 0.3 is 5.69 Å². The summed E-state index contributed by atoms with van der Waals surface area (Å²) in [7, 11) is 0. The van der Waals surface area contributed by atoms with E-state index in [1.165, 1.54) is 15.9 Å². The van der Waals surface area contributed by atoms with Gasteiger partial charge in [0.25, 0.3) is 11.5 Å². The summed E-state index contributed by atoms with van der Waals surface area (Å²) in [5.41, 5.74) is 2.57. The number of nitrogens with one attached hydrogen (secondary N) is 1. The normalized spacial score (nSPS) is 17.1. The van der Waals surface area contributed by atoms with Crippen LogP contribution in [0.1, 0.15) is 40.8 Å². The zero-order chi connectivity index (χ0) is 23.8. The Morgan fingerprint density at radius 2 is 1.82 bits per heavy atom. The van der Waals surface area contributed by atoms with Crippen LogP contribution in [-0.4, -0.2) is 69.5 Å². The molecular weight excluding hydrogens is 452 g/mol. The molecule has 0 atom stereocenters. The van der Waals surface area contributed by atoms with Gasteiger partial charge in [0.15, 0.2) is 0 Å². The fraction of sp³-hybridized carbons (Fsp3) is 0.500. The predicted molar refractivity (Wildman–Crippen MR) is 134 cm³/mol. The Morgan fingerprint density at radius 1 is 1.09 bits per heavy atom. The van der Waals surface area contributed by atoms with Gasteiger partial charge < -0.3 is 14.8 Å². The molecule has 1 N–H and O–H groups in total. The Kier molecular flexibility index (Phi) is 6.26. The number of likely N-dealkylation sites (tertiary alicyclic amines) is 1. The number of hydrogen-bond donors (Lipinski definition) is 1. The van der Waals surface area contributed by atoms with Crippen LogP contribution in [-0.2, 0) is 13.1 Å². The zero-order valence-corrected chi connectivity index (χ0v) is 20.5. The van der Waals surface area contributed by atoms with Gasteiger partial charge in [0.2, 0.25) is 0 Å². The number of fused-ring (bicyclic) bond motifs is 1. The minimum atomic E-state index is -0.352. The molecule has 2 fully saturated rings. The van der Waals surface area contributed by atoms with Crippen LogP contribution in [0.25, 0.3) is 10.2 Å². The van der Waals surface area contributed by atoms with Crippen LogP contribution in [0.15, 0.2) is 27.8 Å². The van der Waals surface area contributed by atoms with Crippen molar-refractivity contribution in [2.24, 2.45) is 0 Å². The van der Waals surface area contributed by atoms with Gasteiger partial charge in [-0.3, -0.25) is 19.1 Å². The average Bonchev–Trinajstić information content (AvgIpc) is 3.50. The number of H-pyrrole nitrogens is 1.